The van der Waals surface area contributed by atoms with Gasteiger partial charge in [0.25, 0.3) is 5.91 Å². The molecule has 33 heavy (non-hydrogen) atoms. The molecule has 0 aliphatic carbocycles. The maximum Gasteiger partial charge on any atom is 0.253 e. The summed E-state index contributed by atoms with van der Waals surface area (Å²) in [7, 11) is 0. The quantitative estimate of drug-likeness (QED) is 0.257. The molecule has 0 saturated carbocycles. The minimum Gasteiger partial charge on any atom is -0.467 e. The number of carbonyl (C=O) groups is 1. The van der Waals surface area contributed by atoms with Gasteiger partial charge in [-0.2, -0.15) is 5.10 Å². The first-order chi connectivity index (χ1) is 16.2. The number of nitrogens with zero attached hydrogens (tertiary/aromatic N) is 5. The minimum absolute atomic E-state index is 0.109. The molecule has 0 spiro atoms. The number of hydrazone groups is 1. The maximum atomic E-state index is 13.3. The molecule has 4 aromatic rings. The molecule has 7 nitrogen and oxygen atoms in total. The molecule has 0 bridgehead atoms. The molecule has 1 aliphatic heterocycles. The Hall–Kier alpha value is -3.43. The molecule has 1 unspecified atom stereocenters. The van der Waals surface area contributed by atoms with Crippen molar-refractivity contribution in [2.45, 2.75) is 24.2 Å². The lowest BCUT2D eigenvalue weighted by atomic mass is 10.1. The van der Waals surface area contributed by atoms with E-state index in [9.17, 15) is 4.79 Å². The zero-order valence-electron chi connectivity index (χ0n) is 17.7. The molecule has 0 saturated heterocycles. The number of allylic oxidation sites excluding steroid dienone is 1. The Morgan fingerprint density at radius 1 is 1.18 bits per heavy atom. The molecule has 1 aromatic carbocycles. The number of aromatic nitrogens is 3. The number of rotatable bonds is 8. The number of furan rings is 1. The first-order valence-corrected chi connectivity index (χ1v) is 12.3. The van der Waals surface area contributed by atoms with Crippen molar-refractivity contribution in [3.05, 3.63) is 89.5 Å². The summed E-state index contributed by atoms with van der Waals surface area (Å²) in [6.07, 6.45) is 4.04. The van der Waals surface area contributed by atoms with Gasteiger partial charge in [0.05, 0.1) is 22.6 Å². The van der Waals surface area contributed by atoms with Gasteiger partial charge in [0.2, 0.25) is 0 Å². The summed E-state index contributed by atoms with van der Waals surface area (Å²) in [5, 5.41) is 17.6. The first-order valence-electron chi connectivity index (χ1n) is 10.4. The van der Waals surface area contributed by atoms with Gasteiger partial charge in [-0.25, -0.2) is 5.01 Å². The van der Waals surface area contributed by atoms with E-state index in [4.69, 9.17) is 4.42 Å². The molecule has 3 aromatic heterocycles. The number of benzene rings is 1. The lowest BCUT2D eigenvalue weighted by Crippen LogP contribution is -2.28. The molecule has 5 rings (SSSR count). The zero-order valence-corrected chi connectivity index (χ0v) is 19.3. The number of hydrogen-bond acceptors (Lipinski definition) is 7. The van der Waals surface area contributed by atoms with Gasteiger partial charge in [-0.3, -0.25) is 9.36 Å². The highest BCUT2D eigenvalue weighted by atomic mass is 32.2. The molecule has 9 heteroatoms. The van der Waals surface area contributed by atoms with Gasteiger partial charge in [0.1, 0.15) is 11.8 Å². The van der Waals surface area contributed by atoms with Crippen molar-refractivity contribution in [3.63, 3.8) is 0 Å². The van der Waals surface area contributed by atoms with Crippen LogP contribution in [0.15, 0.2) is 93.6 Å². The highest BCUT2D eigenvalue weighted by Gasteiger charge is 2.35. The van der Waals surface area contributed by atoms with E-state index in [2.05, 4.69) is 21.9 Å². The minimum atomic E-state index is -0.254. The summed E-state index contributed by atoms with van der Waals surface area (Å²) in [6.45, 7) is 4.40. The molecule has 1 atom stereocenters. The number of thioether (sulfide) groups is 1. The lowest BCUT2D eigenvalue weighted by molar-refractivity contribution is -0.130. The van der Waals surface area contributed by atoms with Crippen LogP contribution in [-0.2, 0) is 11.3 Å². The second kappa shape index (κ2) is 9.60. The van der Waals surface area contributed by atoms with E-state index < -0.39 is 0 Å². The van der Waals surface area contributed by atoms with Crippen LogP contribution in [0, 0.1) is 0 Å². The molecule has 166 valence electrons. The normalized spacial score (nSPS) is 15.6. The highest BCUT2D eigenvalue weighted by Crippen LogP contribution is 2.35. The van der Waals surface area contributed by atoms with Gasteiger partial charge in [0.15, 0.2) is 11.0 Å². The molecular formula is C24H21N5O2S2. The van der Waals surface area contributed by atoms with Crippen LogP contribution in [0.2, 0.25) is 0 Å². The van der Waals surface area contributed by atoms with Crippen molar-refractivity contribution < 1.29 is 9.21 Å². The second-order valence-corrected chi connectivity index (χ2v) is 9.25. The Bertz CT molecular complexity index is 1260. The lowest BCUT2D eigenvalue weighted by Gasteiger charge is -2.19. The van der Waals surface area contributed by atoms with Crippen LogP contribution < -0.4 is 0 Å². The third-order valence-corrected chi connectivity index (χ3v) is 7.10. The Morgan fingerprint density at radius 3 is 2.79 bits per heavy atom. The van der Waals surface area contributed by atoms with Crippen LogP contribution in [0.5, 0.6) is 0 Å². The fourth-order valence-corrected chi connectivity index (χ4v) is 5.24. The van der Waals surface area contributed by atoms with Crippen molar-refractivity contribution in [2.75, 3.05) is 5.75 Å². The number of hydrogen-bond donors (Lipinski definition) is 0. The summed E-state index contributed by atoms with van der Waals surface area (Å²) >= 11 is 2.96. The van der Waals surface area contributed by atoms with E-state index >= 15 is 0 Å². The van der Waals surface area contributed by atoms with Gasteiger partial charge in [0, 0.05) is 18.5 Å². The topological polar surface area (TPSA) is 76.5 Å². The van der Waals surface area contributed by atoms with Gasteiger partial charge in [-0.05, 0) is 23.6 Å². The molecule has 0 fully saturated rings. The van der Waals surface area contributed by atoms with Gasteiger partial charge in [-0.1, -0.05) is 54.2 Å². The summed E-state index contributed by atoms with van der Waals surface area (Å²) in [6, 6.07) is 17.3. The van der Waals surface area contributed by atoms with Crippen molar-refractivity contribution in [2.24, 2.45) is 5.10 Å². The Labute approximate surface area is 199 Å². The SMILES string of the molecule is C=CCn1c(SCC(=O)N2N=C(c3cccs3)CC2c2ccco2)nnc1-c1ccccc1. The largest absolute Gasteiger partial charge is 0.467 e. The van der Waals surface area contributed by atoms with E-state index in [-0.39, 0.29) is 17.7 Å². The predicted molar refractivity (Wildman–Crippen MR) is 130 cm³/mol. The number of thiophene rings is 1. The Kier molecular flexibility index (Phi) is 6.23. The average molecular weight is 476 g/mol. The predicted octanol–water partition coefficient (Wildman–Crippen LogP) is 5.26. The van der Waals surface area contributed by atoms with Gasteiger partial charge < -0.3 is 4.42 Å². The fraction of sp³-hybridized carbons (Fsp3) is 0.167. The first kappa shape index (κ1) is 21.4. The van der Waals surface area contributed by atoms with E-state index in [0.717, 1.165) is 27.7 Å². The Morgan fingerprint density at radius 2 is 2.06 bits per heavy atom. The summed E-state index contributed by atoms with van der Waals surface area (Å²) in [4.78, 5) is 14.3. The van der Waals surface area contributed by atoms with Crippen LogP contribution in [0.3, 0.4) is 0 Å². The van der Waals surface area contributed by atoms with Crippen molar-refractivity contribution in [1.29, 1.82) is 0 Å². The number of carbonyl (C=O) groups excluding carboxylic acids is 1. The van der Waals surface area contributed by atoms with Gasteiger partial charge in [-0.15, -0.1) is 28.1 Å². The fourth-order valence-electron chi connectivity index (χ4n) is 3.72. The zero-order chi connectivity index (χ0) is 22.6. The van der Waals surface area contributed by atoms with Crippen LogP contribution in [0.25, 0.3) is 11.4 Å². The molecule has 4 heterocycles. The van der Waals surface area contributed by atoms with E-state index in [0.29, 0.717) is 18.1 Å². The van der Waals surface area contributed by atoms with Crippen molar-refractivity contribution >= 4 is 34.7 Å². The third kappa shape index (κ3) is 4.42. The monoisotopic (exact) mass is 475 g/mol. The average Bonchev–Trinajstić information content (AvgIpc) is 3.64. The van der Waals surface area contributed by atoms with Crippen LogP contribution in [0.4, 0.5) is 0 Å². The number of amides is 1. The highest BCUT2D eigenvalue weighted by molar-refractivity contribution is 7.99. The standard InChI is InChI=1S/C24H21N5O2S2/c1-2-12-28-23(17-8-4-3-5-9-17)25-26-24(28)33-16-22(30)29-19(20-10-6-13-31-20)15-18(27-29)21-11-7-14-32-21/h2-11,13-14,19H,1,12,15-16H2. The molecule has 0 radical (unpaired) electrons. The summed E-state index contributed by atoms with van der Waals surface area (Å²) in [5.41, 5.74) is 1.86. The maximum absolute atomic E-state index is 13.3. The van der Waals surface area contributed by atoms with Gasteiger partial charge >= 0.3 is 0 Å². The van der Waals surface area contributed by atoms with E-state index in [1.807, 2.05) is 64.5 Å². The van der Waals surface area contributed by atoms with Crippen molar-refractivity contribution in [3.8, 4) is 11.4 Å². The van der Waals surface area contributed by atoms with Crippen molar-refractivity contribution in [1.82, 2.24) is 19.8 Å². The Balaban J connectivity index is 1.36. The summed E-state index contributed by atoms with van der Waals surface area (Å²) < 4.78 is 7.59. The molecule has 1 aliphatic rings. The molecule has 0 N–H and O–H groups in total. The summed E-state index contributed by atoms with van der Waals surface area (Å²) in [5.74, 6) is 1.55. The van der Waals surface area contributed by atoms with Crippen LogP contribution in [0.1, 0.15) is 23.1 Å². The molecular weight excluding hydrogens is 454 g/mol. The third-order valence-electron chi connectivity index (χ3n) is 5.23. The van der Waals surface area contributed by atoms with Crippen LogP contribution >= 0.6 is 23.1 Å². The second-order valence-electron chi connectivity index (χ2n) is 7.36. The van der Waals surface area contributed by atoms with E-state index in [1.54, 1.807) is 28.7 Å². The van der Waals surface area contributed by atoms with E-state index in [1.165, 1.54) is 11.8 Å². The smallest absolute Gasteiger partial charge is 0.253 e. The molecule has 1 amide bonds. The van der Waals surface area contributed by atoms with Crippen LogP contribution in [-0.4, -0.2) is 37.1 Å².